The standard InChI is InChI=1S/C27H33Cl2N3O2S/c1-16(2)22-23(25(34)31(14-15-33)17(3)4)35-26-30-27(5,19-8-12-21(29)13-9-19)24(32(22)26)18-6-10-20(28)11-7-18/h6-13,16-17,24-25,33-34H,14-15H2,1-5H3/t24-,25?,27+/m1/s1. The van der Waals surface area contributed by atoms with Gasteiger partial charge in [-0.3, -0.25) is 4.90 Å². The molecular weight excluding hydrogens is 501 g/mol. The number of hydrogen-bond acceptors (Lipinski definition) is 6. The zero-order valence-corrected chi connectivity index (χ0v) is 23.1. The van der Waals surface area contributed by atoms with Gasteiger partial charge in [-0.25, -0.2) is 4.99 Å². The number of rotatable bonds is 8. The Balaban J connectivity index is 1.86. The predicted molar refractivity (Wildman–Crippen MR) is 147 cm³/mol. The van der Waals surface area contributed by atoms with Crippen LogP contribution in [0.3, 0.4) is 0 Å². The average molecular weight is 535 g/mol. The van der Waals surface area contributed by atoms with Crippen LogP contribution < -0.4 is 0 Å². The van der Waals surface area contributed by atoms with Gasteiger partial charge in [0.15, 0.2) is 5.17 Å². The van der Waals surface area contributed by atoms with Gasteiger partial charge in [-0.15, -0.1) is 0 Å². The lowest BCUT2D eigenvalue weighted by atomic mass is 9.81. The zero-order chi connectivity index (χ0) is 25.5. The highest BCUT2D eigenvalue weighted by Gasteiger charge is 2.53. The highest BCUT2D eigenvalue weighted by Crippen LogP contribution is 2.56. The summed E-state index contributed by atoms with van der Waals surface area (Å²) in [6.45, 7) is 10.9. The lowest BCUT2D eigenvalue weighted by molar-refractivity contribution is 0.00413. The van der Waals surface area contributed by atoms with Crippen LogP contribution in [0.4, 0.5) is 0 Å². The number of aliphatic hydroxyl groups is 2. The summed E-state index contributed by atoms with van der Waals surface area (Å²) in [4.78, 5) is 10.4. The molecule has 35 heavy (non-hydrogen) atoms. The van der Waals surface area contributed by atoms with Crippen molar-refractivity contribution in [2.24, 2.45) is 10.9 Å². The number of nitrogens with zero attached hydrogens (tertiary/aromatic N) is 3. The number of benzene rings is 2. The number of aliphatic imine (C=N–C) groups is 1. The summed E-state index contributed by atoms with van der Waals surface area (Å²) < 4.78 is 0. The molecule has 0 fully saturated rings. The SMILES string of the molecule is CC(C)C1=C(C(O)N(CCO)C(C)C)SC2=N[C@@](C)(c3ccc(Cl)cc3)[C@@H](c3ccc(Cl)cc3)N21. The summed E-state index contributed by atoms with van der Waals surface area (Å²) >= 11 is 14.0. The van der Waals surface area contributed by atoms with E-state index in [0.29, 0.717) is 16.6 Å². The van der Waals surface area contributed by atoms with Crippen molar-refractivity contribution < 1.29 is 10.2 Å². The topological polar surface area (TPSA) is 59.3 Å². The quantitative estimate of drug-likeness (QED) is 0.392. The molecule has 2 aromatic rings. The van der Waals surface area contributed by atoms with Crippen molar-refractivity contribution >= 4 is 40.1 Å². The Bertz CT molecular complexity index is 1120. The Morgan fingerprint density at radius 3 is 2.11 bits per heavy atom. The third-order valence-corrected chi connectivity index (χ3v) is 8.38. The normalized spacial score (nSPS) is 23.0. The van der Waals surface area contributed by atoms with Gasteiger partial charge in [0.05, 0.1) is 17.6 Å². The van der Waals surface area contributed by atoms with Gasteiger partial charge in [0.1, 0.15) is 11.8 Å². The zero-order valence-electron chi connectivity index (χ0n) is 20.7. The molecule has 1 unspecified atom stereocenters. The number of hydrogen-bond donors (Lipinski definition) is 2. The Morgan fingerprint density at radius 2 is 1.60 bits per heavy atom. The van der Waals surface area contributed by atoms with E-state index in [1.165, 1.54) is 11.8 Å². The number of allylic oxidation sites excluding steroid dienone is 1. The van der Waals surface area contributed by atoms with Crippen molar-refractivity contribution in [3.8, 4) is 0 Å². The lowest BCUT2D eigenvalue weighted by Gasteiger charge is -2.38. The average Bonchev–Trinajstić information content (AvgIpc) is 3.30. The molecule has 2 aromatic carbocycles. The number of amidine groups is 1. The van der Waals surface area contributed by atoms with Gasteiger partial charge in [-0.1, -0.05) is 73.1 Å². The molecule has 2 N–H and O–H groups in total. The van der Waals surface area contributed by atoms with Crippen molar-refractivity contribution in [2.45, 2.75) is 58.5 Å². The monoisotopic (exact) mass is 533 g/mol. The summed E-state index contributed by atoms with van der Waals surface area (Å²) in [7, 11) is 0. The van der Waals surface area contributed by atoms with Gasteiger partial charge >= 0.3 is 0 Å². The fraction of sp³-hybridized carbons (Fsp3) is 0.444. The maximum atomic E-state index is 11.5. The molecule has 0 aromatic heterocycles. The first kappa shape index (κ1) is 26.5. The molecule has 2 aliphatic heterocycles. The fourth-order valence-electron chi connectivity index (χ4n) is 5.06. The molecule has 2 aliphatic rings. The van der Waals surface area contributed by atoms with E-state index in [1.54, 1.807) is 0 Å². The van der Waals surface area contributed by atoms with Crippen LogP contribution in [0.25, 0.3) is 0 Å². The highest BCUT2D eigenvalue weighted by molar-refractivity contribution is 8.17. The van der Waals surface area contributed by atoms with E-state index in [9.17, 15) is 10.2 Å². The van der Waals surface area contributed by atoms with Crippen LogP contribution in [-0.4, -0.2) is 50.6 Å². The third kappa shape index (κ3) is 4.89. The molecule has 5 nitrogen and oxygen atoms in total. The largest absolute Gasteiger partial charge is 0.395 e. The Kier molecular flexibility index (Phi) is 7.91. The van der Waals surface area contributed by atoms with Gasteiger partial charge in [0.2, 0.25) is 0 Å². The molecule has 2 heterocycles. The van der Waals surface area contributed by atoms with Crippen molar-refractivity contribution in [3.63, 3.8) is 0 Å². The molecule has 0 saturated carbocycles. The first-order valence-corrected chi connectivity index (χ1v) is 13.5. The number of halogens is 2. The second-order valence-electron chi connectivity index (χ2n) is 9.81. The third-order valence-electron chi connectivity index (χ3n) is 6.77. The molecule has 188 valence electrons. The molecule has 4 rings (SSSR count). The van der Waals surface area contributed by atoms with Gasteiger partial charge in [-0.2, -0.15) is 0 Å². The molecule has 0 amide bonds. The Morgan fingerprint density at radius 1 is 1.03 bits per heavy atom. The van der Waals surface area contributed by atoms with Crippen molar-refractivity contribution in [2.75, 3.05) is 13.2 Å². The molecule has 0 saturated heterocycles. The molecular formula is C27H33Cl2N3O2S. The van der Waals surface area contributed by atoms with Gasteiger partial charge in [0.25, 0.3) is 0 Å². The Labute approximate surface area is 222 Å². The van der Waals surface area contributed by atoms with E-state index in [2.05, 4.69) is 37.8 Å². The molecule has 0 bridgehead atoms. The smallest absolute Gasteiger partial charge is 0.169 e. The summed E-state index contributed by atoms with van der Waals surface area (Å²) in [5.74, 6) is 0.144. The summed E-state index contributed by atoms with van der Waals surface area (Å²) in [6, 6.07) is 15.8. The van der Waals surface area contributed by atoms with Crippen molar-refractivity contribution in [1.29, 1.82) is 0 Å². The first-order valence-electron chi connectivity index (χ1n) is 12.0. The first-order chi connectivity index (χ1) is 16.6. The predicted octanol–water partition coefficient (Wildman–Crippen LogP) is 6.26. The minimum absolute atomic E-state index is 0.0170. The molecule has 8 heteroatoms. The molecule has 0 radical (unpaired) electrons. The van der Waals surface area contributed by atoms with E-state index in [1.807, 2.05) is 55.1 Å². The minimum atomic E-state index is -0.828. The van der Waals surface area contributed by atoms with Crippen molar-refractivity contribution in [1.82, 2.24) is 9.80 Å². The summed E-state index contributed by atoms with van der Waals surface area (Å²) in [6.07, 6.45) is -0.828. The molecule has 3 atom stereocenters. The van der Waals surface area contributed by atoms with E-state index in [0.717, 1.165) is 26.9 Å². The van der Waals surface area contributed by atoms with Crippen molar-refractivity contribution in [3.05, 3.63) is 80.3 Å². The summed E-state index contributed by atoms with van der Waals surface area (Å²) in [5, 5.41) is 23.3. The highest BCUT2D eigenvalue weighted by atomic mass is 35.5. The second-order valence-corrected chi connectivity index (χ2v) is 11.7. The van der Waals surface area contributed by atoms with Crippen LogP contribution in [0.1, 0.15) is 51.8 Å². The Hall–Kier alpha value is -1.54. The molecule has 0 aliphatic carbocycles. The maximum Gasteiger partial charge on any atom is 0.169 e. The van der Waals surface area contributed by atoms with E-state index in [4.69, 9.17) is 28.2 Å². The van der Waals surface area contributed by atoms with Crippen LogP contribution >= 0.6 is 35.0 Å². The van der Waals surface area contributed by atoms with Crippen LogP contribution in [0.5, 0.6) is 0 Å². The maximum absolute atomic E-state index is 11.5. The lowest BCUT2D eigenvalue weighted by Crippen LogP contribution is -2.43. The van der Waals surface area contributed by atoms with Crippen LogP contribution in [0, 0.1) is 5.92 Å². The molecule has 0 spiro atoms. The van der Waals surface area contributed by atoms with E-state index in [-0.39, 0.29) is 24.6 Å². The van der Waals surface area contributed by atoms with Crippen LogP contribution in [-0.2, 0) is 5.54 Å². The summed E-state index contributed by atoms with van der Waals surface area (Å²) in [5.41, 5.74) is 2.65. The van der Waals surface area contributed by atoms with Crippen LogP contribution in [0.2, 0.25) is 10.0 Å². The number of fused-ring (bicyclic) bond motifs is 1. The fourth-order valence-corrected chi connectivity index (χ4v) is 6.73. The minimum Gasteiger partial charge on any atom is -0.395 e. The van der Waals surface area contributed by atoms with Crippen LogP contribution in [0.15, 0.2) is 64.1 Å². The van der Waals surface area contributed by atoms with E-state index < -0.39 is 11.8 Å². The van der Waals surface area contributed by atoms with Gasteiger partial charge in [0, 0.05) is 28.3 Å². The second kappa shape index (κ2) is 10.4. The van der Waals surface area contributed by atoms with Gasteiger partial charge in [-0.05, 0) is 62.1 Å². The number of aliphatic hydroxyl groups excluding tert-OH is 2. The van der Waals surface area contributed by atoms with Gasteiger partial charge < -0.3 is 15.1 Å². The number of thioether (sulfide) groups is 1. The van der Waals surface area contributed by atoms with E-state index >= 15 is 0 Å².